The molecule has 112 valence electrons. The minimum atomic E-state index is -0.471. The standard InChI is InChI=1S/C15H18N2O3S/c1-15(2,3)20-14(18)17-8-13(9-17)19-12-6-4-11(5-7-12)16-10-21/h4-7,13H,8-9H2,1-3H3. The largest absolute Gasteiger partial charge is 0.487 e. The number of hydrogen-bond donors (Lipinski definition) is 0. The van der Waals surface area contributed by atoms with E-state index in [4.69, 9.17) is 9.47 Å². The fourth-order valence-electron chi connectivity index (χ4n) is 1.83. The molecule has 0 bridgehead atoms. The van der Waals surface area contributed by atoms with Crippen molar-refractivity contribution in [1.82, 2.24) is 4.90 Å². The van der Waals surface area contributed by atoms with Crippen LogP contribution in [0.5, 0.6) is 5.75 Å². The number of carbonyl (C=O) groups excluding carboxylic acids is 1. The minimum Gasteiger partial charge on any atom is -0.487 e. The van der Waals surface area contributed by atoms with Gasteiger partial charge in [0.05, 0.1) is 23.9 Å². The van der Waals surface area contributed by atoms with Gasteiger partial charge in [-0.05, 0) is 57.3 Å². The molecule has 1 fully saturated rings. The molecule has 1 aliphatic rings. The monoisotopic (exact) mass is 306 g/mol. The maximum Gasteiger partial charge on any atom is 0.410 e. The van der Waals surface area contributed by atoms with E-state index in [0.29, 0.717) is 13.1 Å². The van der Waals surface area contributed by atoms with E-state index in [1.54, 1.807) is 17.0 Å². The number of ether oxygens (including phenoxy) is 2. The van der Waals surface area contributed by atoms with Gasteiger partial charge in [-0.25, -0.2) is 4.79 Å². The highest BCUT2D eigenvalue weighted by atomic mass is 32.1. The quantitative estimate of drug-likeness (QED) is 0.634. The molecule has 1 amide bonds. The summed E-state index contributed by atoms with van der Waals surface area (Å²) in [5.74, 6) is 0.743. The Labute approximate surface area is 129 Å². The molecule has 0 N–H and O–H groups in total. The summed E-state index contributed by atoms with van der Waals surface area (Å²) >= 11 is 4.54. The highest BCUT2D eigenvalue weighted by Gasteiger charge is 2.35. The summed E-state index contributed by atoms with van der Waals surface area (Å²) in [6.45, 7) is 6.62. The molecule has 1 saturated heterocycles. The van der Waals surface area contributed by atoms with Crippen LogP contribution in [0.25, 0.3) is 0 Å². The van der Waals surface area contributed by atoms with Crippen LogP contribution < -0.4 is 4.74 Å². The Morgan fingerprint density at radius 1 is 1.33 bits per heavy atom. The second-order valence-corrected chi connectivity index (χ2v) is 6.00. The van der Waals surface area contributed by atoms with Crippen LogP contribution in [0, 0.1) is 0 Å². The van der Waals surface area contributed by atoms with Crippen molar-refractivity contribution in [2.24, 2.45) is 4.99 Å². The topological polar surface area (TPSA) is 51.1 Å². The van der Waals surface area contributed by atoms with Crippen molar-refractivity contribution < 1.29 is 14.3 Å². The van der Waals surface area contributed by atoms with Crippen molar-refractivity contribution >= 4 is 29.2 Å². The summed E-state index contributed by atoms with van der Waals surface area (Å²) in [6, 6.07) is 7.25. The average Bonchev–Trinajstić information content (AvgIpc) is 2.33. The lowest BCUT2D eigenvalue weighted by atomic mass is 10.1. The van der Waals surface area contributed by atoms with E-state index >= 15 is 0 Å². The fourth-order valence-corrected chi connectivity index (χ4v) is 1.94. The second-order valence-electron chi connectivity index (χ2n) is 5.82. The fraction of sp³-hybridized carbons (Fsp3) is 0.467. The van der Waals surface area contributed by atoms with E-state index in [2.05, 4.69) is 22.4 Å². The van der Waals surface area contributed by atoms with Crippen LogP contribution >= 0.6 is 12.2 Å². The summed E-state index contributed by atoms with van der Waals surface area (Å²) in [7, 11) is 0. The van der Waals surface area contributed by atoms with Gasteiger partial charge in [0, 0.05) is 0 Å². The highest BCUT2D eigenvalue weighted by Crippen LogP contribution is 2.22. The molecule has 0 radical (unpaired) electrons. The zero-order chi connectivity index (χ0) is 15.5. The molecule has 0 saturated carbocycles. The van der Waals surface area contributed by atoms with Crippen LogP contribution in [0.1, 0.15) is 20.8 Å². The van der Waals surface area contributed by atoms with Crippen LogP contribution in [-0.2, 0) is 4.74 Å². The molecular weight excluding hydrogens is 288 g/mol. The Morgan fingerprint density at radius 3 is 2.48 bits per heavy atom. The predicted molar refractivity (Wildman–Crippen MR) is 83.4 cm³/mol. The van der Waals surface area contributed by atoms with Crippen LogP contribution in [0.2, 0.25) is 0 Å². The summed E-state index contributed by atoms with van der Waals surface area (Å²) in [5.41, 5.74) is 0.266. The molecule has 0 aromatic heterocycles. The third kappa shape index (κ3) is 4.55. The zero-order valence-corrected chi connectivity index (χ0v) is 13.1. The lowest BCUT2D eigenvalue weighted by molar-refractivity contribution is -0.0221. The molecule has 1 aromatic rings. The molecule has 0 spiro atoms. The van der Waals surface area contributed by atoms with Crippen molar-refractivity contribution in [1.29, 1.82) is 0 Å². The van der Waals surface area contributed by atoms with Crippen molar-refractivity contribution in [2.75, 3.05) is 13.1 Å². The first kappa shape index (κ1) is 15.5. The number of nitrogens with zero attached hydrogens (tertiary/aromatic N) is 2. The number of aliphatic imine (C=N–C) groups is 1. The summed E-state index contributed by atoms with van der Waals surface area (Å²) in [4.78, 5) is 17.3. The number of likely N-dealkylation sites (tertiary alicyclic amines) is 1. The first-order valence-corrected chi connectivity index (χ1v) is 7.11. The van der Waals surface area contributed by atoms with Gasteiger partial charge < -0.3 is 14.4 Å². The number of isothiocyanates is 1. The molecular formula is C15H18N2O3S. The minimum absolute atomic E-state index is 0.00242. The molecule has 1 aliphatic heterocycles. The van der Waals surface area contributed by atoms with Crippen molar-refractivity contribution in [3.05, 3.63) is 24.3 Å². The SMILES string of the molecule is CC(C)(C)OC(=O)N1CC(Oc2ccc(N=C=S)cc2)C1. The predicted octanol–water partition coefficient (Wildman–Crippen LogP) is 3.42. The van der Waals surface area contributed by atoms with Gasteiger partial charge in [0.15, 0.2) is 0 Å². The first-order chi connectivity index (χ1) is 9.87. The molecule has 1 heterocycles. The molecule has 2 rings (SSSR count). The maximum atomic E-state index is 11.8. The van der Waals surface area contributed by atoms with Crippen LogP contribution in [0.4, 0.5) is 10.5 Å². The lowest BCUT2D eigenvalue weighted by Gasteiger charge is -2.39. The highest BCUT2D eigenvalue weighted by molar-refractivity contribution is 7.78. The number of carbonyl (C=O) groups is 1. The number of rotatable bonds is 3. The van der Waals surface area contributed by atoms with Crippen LogP contribution in [-0.4, -0.2) is 40.9 Å². The Bertz CT molecular complexity index is 553. The number of thiocarbonyl (C=S) groups is 1. The van der Waals surface area contributed by atoms with Crippen LogP contribution in [0.15, 0.2) is 29.3 Å². The zero-order valence-electron chi connectivity index (χ0n) is 12.3. The first-order valence-electron chi connectivity index (χ1n) is 6.70. The molecule has 0 aliphatic carbocycles. The van der Waals surface area contributed by atoms with Gasteiger partial charge >= 0.3 is 6.09 Å². The Kier molecular flexibility index (Phi) is 4.60. The van der Waals surface area contributed by atoms with E-state index in [1.807, 2.05) is 32.9 Å². The maximum absolute atomic E-state index is 11.8. The van der Waals surface area contributed by atoms with E-state index in [0.717, 1.165) is 11.4 Å². The van der Waals surface area contributed by atoms with Gasteiger partial charge in [0.2, 0.25) is 0 Å². The molecule has 21 heavy (non-hydrogen) atoms. The normalized spacial score (nSPS) is 14.9. The number of benzene rings is 1. The second kappa shape index (κ2) is 6.24. The van der Waals surface area contributed by atoms with E-state index in [1.165, 1.54) is 0 Å². The van der Waals surface area contributed by atoms with Gasteiger partial charge in [0.25, 0.3) is 0 Å². The Hall–Kier alpha value is -1.91. The number of amides is 1. The van der Waals surface area contributed by atoms with Gasteiger partial charge in [-0.15, -0.1) is 0 Å². The third-order valence-corrected chi connectivity index (χ3v) is 2.91. The van der Waals surface area contributed by atoms with Crippen molar-refractivity contribution in [2.45, 2.75) is 32.5 Å². The number of hydrogen-bond acceptors (Lipinski definition) is 5. The summed E-state index contributed by atoms with van der Waals surface area (Å²) in [5, 5.41) is 2.31. The molecule has 6 heteroatoms. The lowest BCUT2D eigenvalue weighted by Crippen LogP contribution is -2.57. The Morgan fingerprint density at radius 2 is 1.95 bits per heavy atom. The molecule has 5 nitrogen and oxygen atoms in total. The van der Waals surface area contributed by atoms with Gasteiger partial charge in [-0.3, -0.25) is 0 Å². The summed E-state index contributed by atoms with van der Waals surface area (Å²) < 4.78 is 11.0. The van der Waals surface area contributed by atoms with E-state index in [-0.39, 0.29) is 12.2 Å². The Balaban J connectivity index is 1.80. The van der Waals surface area contributed by atoms with E-state index in [9.17, 15) is 4.79 Å². The van der Waals surface area contributed by atoms with E-state index < -0.39 is 5.60 Å². The third-order valence-electron chi connectivity index (χ3n) is 2.81. The van der Waals surface area contributed by atoms with Gasteiger partial charge in [-0.1, -0.05) is 0 Å². The van der Waals surface area contributed by atoms with Crippen LogP contribution in [0.3, 0.4) is 0 Å². The molecule has 0 unspecified atom stereocenters. The van der Waals surface area contributed by atoms with Gasteiger partial charge in [-0.2, -0.15) is 4.99 Å². The van der Waals surface area contributed by atoms with Crippen molar-refractivity contribution in [3.63, 3.8) is 0 Å². The molecule has 1 aromatic carbocycles. The van der Waals surface area contributed by atoms with Gasteiger partial charge in [0.1, 0.15) is 17.5 Å². The average molecular weight is 306 g/mol. The summed E-state index contributed by atoms with van der Waals surface area (Å²) in [6.07, 6.45) is -0.301. The molecule has 0 atom stereocenters. The smallest absolute Gasteiger partial charge is 0.410 e. The van der Waals surface area contributed by atoms with Crippen molar-refractivity contribution in [3.8, 4) is 5.75 Å².